The highest BCUT2D eigenvalue weighted by molar-refractivity contribution is 6.17. The zero-order chi connectivity index (χ0) is 13.9. The molecule has 0 aromatic carbocycles. The fraction of sp³-hybridized carbons (Fsp3) is 0.417. The first-order valence-electron chi connectivity index (χ1n) is 5.88. The van der Waals surface area contributed by atoms with Crippen molar-refractivity contribution in [3.05, 3.63) is 40.0 Å². The molecule has 2 rings (SSSR count). The molecule has 98 valence electrons. The van der Waals surface area contributed by atoms with Crippen molar-refractivity contribution in [1.82, 2.24) is 4.98 Å². The lowest BCUT2D eigenvalue weighted by atomic mass is 9.79. The Morgan fingerprint density at radius 2 is 2.47 bits per heavy atom. The molecule has 1 aromatic rings. The molecule has 0 N–H and O–H groups in total. The van der Waals surface area contributed by atoms with Crippen molar-refractivity contribution in [1.29, 1.82) is 0 Å². The van der Waals surface area contributed by atoms with Crippen molar-refractivity contribution in [3.63, 3.8) is 0 Å². The molecule has 0 bridgehead atoms. The molecule has 0 aliphatic heterocycles. The largest absolute Gasteiger partial charge is 0.465 e. The predicted molar refractivity (Wildman–Crippen MR) is 65.4 cm³/mol. The number of nitrogens with zero attached hydrogens (tertiary/aromatic N) is 4. The Balaban J connectivity index is 2.51. The van der Waals surface area contributed by atoms with Crippen LogP contribution in [0.3, 0.4) is 0 Å². The summed E-state index contributed by atoms with van der Waals surface area (Å²) in [4.78, 5) is 31.0. The van der Waals surface area contributed by atoms with Gasteiger partial charge in [-0.25, -0.2) is 0 Å². The fourth-order valence-electron chi connectivity index (χ4n) is 2.13. The minimum absolute atomic E-state index is 0.105. The lowest BCUT2D eigenvalue weighted by Gasteiger charge is -2.29. The van der Waals surface area contributed by atoms with Crippen LogP contribution in [0.25, 0.3) is 10.4 Å². The number of azide groups is 1. The van der Waals surface area contributed by atoms with Gasteiger partial charge in [0.1, 0.15) is 5.69 Å². The summed E-state index contributed by atoms with van der Waals surface area (Å²) in [5, 5.41) is 3.43. The first-order valence-corrected chi connectivity index (χ1v) is 5.88. The average molecular weight is 260 g/mol. The second-order valence-electron chi connectivity index (χ2n) is 4.11. The van der Waals surface area contributed by atoms with E-state index in [0.29, 0.717) is 6.42 Å². The van der Waals surface area contributed by atoms with Crippen molar-refractivity contribution in [2.24, 2.45) is 5.11 Å². The van der Waals surface area contributed by atoms with Crippen molar-refractivity contribution in [2.45, 2.75) is 25.3 Å². The van der Waals surface area contributed by atoms with Gasteiger partial charge in [0.05, 0.1) is 6.61 Å². The maximum atomic E-state index is 12.4. The van der Waals surface area contributed by atoms with Gasteiger partial charge >= 0.3 is 5.97 Å². The maximum absolute atomic E-state index is 12.4. The molecule has 1 aromatic heterocycles. The first kappa shape index (κ1) is 13.0. The van der Waals surface area contributed by atoms with E-state index < -0.39 is 17.3 Å². The van der Waals surface area contributed by atoms with Gasteiger partial charge in [0.2, 0.25) is 11.3 Å². The molecular weight excluding hydrogens is 248 g/mol. The van der Waals surface area contributed by atoms with E-state index in [9.17, 15) is 9.59 Å². The Kier molecular flexibility index (Phi) is 3.48. The molecule has 7 nitrogen and oxygen atoms in total. The van der Waals surface area contributed by atoms with Crippen molar-refractivity contribution < 1.29 is 14.3 Å². The van der Waals surface area contributed by atoms with Crippen molar-refractivity contribution >= 4 is 11.8 Å². The lowest BCUT2D eigenvalue weighted by Crippen LogP contribution is -2.49. The third-order valence-corrected chi connectivity index (χ3v) is 3.07. The Labute approximate surface area is 109 Å². The molecular formula is C12H12N4O3. The molecule has 19 heavy (non-hydrogen) atoms. The monoisotopic (exact) mass is 260 g/mol. The van der Waals surface area contributed by atoms with Crippen LogP contribution in [-0.4, -0.2) is 28.9 Å². The molecule has 1 aliphatic rings. The summed E-state index contributed by atoms with van der Waals surface area (Å²) in [6.07, 6.45) is 2.01. The van der Waals surface area contributed by atoms with Gasteiger partial charge in [-0.05, 0) is 36.9 Å². The van der Waals surface area contributed by atoms with Gasteiger partial charge in [-0.2, -0.15) is 0 Å². The second kappa shape index (κ2) is 5.07. The lowest BCUT2D eigenvalue weighted by molar-refractivity contribution is -0.147. The first-order chi connectivity index (χ1) is 9.15. The molecule has 1 unspecified atom stereocenters. The van der Waals surface area contributed by atoms with Crippen LogP contribution in [0.15, 0.2) is 23.4 Å². The van der Waals surface area contributed by atoms with E-state index in [2.05, 4.69) is 15.0 Å². The smallest absolute Gasteiger partial charge is 0.326 e. The third kappa shape index (κ3) is 2.04. The molecule has 0 saturated heterocycles. The third-order valence-electron chi connectivity index (χ3n) is 3.07. The number of Topliss-reactive ketones (excluding diaryl/α,β-unsaturated/α-hetero) is 1. The Hall–Kier alpha value is -2.40. The fourth-order valence-corrected chi connectivity index (χ4v) is 2.13. The van der Waals surface area contributed by atoms with Crippen LogP contribution in [0, 0.1) is 0 Å². The number of fused-ring (bicyclic) bond motifs is 1. The van der Waals surface area contributed by atoms with E-state index >= 15 is 0 Å². The molecule has 1 heterocycles. The van der Waals surface area contributed by atoms with Gasteiger partial charge < -0.3 is 4.74 Å². The van der Waals surface area contributed by atoms with Gasteiger partial charge in [-0.3, -0.25) is 14.6 Å². The molecule has 0 saturated carbocycles. The normalized spacial score (nSPS) is 21.2. The van der Waals surface area contributed by atoms with E-state index in [1.165, 1.54) is 6.20 Å². The number of hydrogen-bond acceptors (Lipinski definition) is 5. The molecule has 0 amide bonds. The van der Waals surface area contributed by atoms with Gasteiger partial charge in [0, 0.05) is 11.1 Å². The summed E-state index contributed by atoms with van der Waals surface area (Å²) in [6, 6.07) is 3.49. The SMILES string of the molecule is CCOC(=O)C1(N=[N+]=[N-])CCc2cccnc2C1=O. The van der Waals surface area contributed by atoms with Crippen LogP contribution in [0.4, 0.5) is 0 Å². The zero-order valence-corrected chi connectivity index (χ0v) is 10.4. The Bertz CT molecular complexity index is 580. The number of hydrogen-bond donors (Lipinski definition) is 0. The number of ether oxygens (including phenoxy) is 1. The number of aryl methyl sites for hydroxylation is 1. The molecule has 7 heteroatoms. The van der Waals surface area contributed by atoms with Crippen LogP contribution < -0.4 is 0 Å². The highest BCUT2D eigenvalue weighted by Crippen LogP contribution is 2.32. The van der Waals surface area contributed by atoms with Crippen molar-refractivity contribution in [3.8, 4) is 0 Å². The van der Waals surface area contributed by atoms with Crippen LogP contribution in [0.5, 0.6) is 0 Å². The highest BCUT2D eigenvalue weighted by atomic mass is 16.5. The Morgan fingerprint density at radius 3 is 3.16 bits per heavy atom. The molecule has 1 aliphatic carbocycles. The van der Waals surface area contributed by atoms with Crippen LogP contribution in [0.2, 0.25) is 0 Å². The summed E-state index contributed by atoms with van der Waals surface area (Å²) in [5.74, 6) is -1.40. The zero-order valence-electron chi connectivity index (χ0n) is 10.4. The second-order valence-corrected chi connectivity index (χ2v) is 4.11. The topological polar surface area (TPSA) is 105 Å². The summed E-state index contributed by atoms with van der Waals surface area (Å²) in [7, 11) is 0. The number of aromatic nitrogens is 1. The number of esters is 1. The van der Waals surface area contributed by atoms with Crippen LogP contribution in [0.1, 0.15) is 29.4 Å². The van der Waals surface area contributed by atoms with E-state index in [-0.39, 0.29) is 18.7 Å². The summed E-state index contributed by atoms with van der Waals surface area (Å²) >= 11 is 0. The highest BCUT2D eigenvalue weighted by Gasteiger charge is 2.50. The number of ketones is 1. The summed E-state index contributed by atoms with van der Waals surface area (Å²) < 4.78 is 4.87. The van der Waals surface area contributed by atoms with Gasteiger partial charge in [0.25, 0.3) is 0 Å². The van der Waals surface area contributed by atoms with Crippen LogP contribution >= 0.6 is 0 Å². The van der Waals surface area contributed by atoms with E-state index in [0.717, 1.165) is 5.56 Å². The Morgan fingerprint density at radius 1 is 1.68 bits per heavy atom. The quantitative estimate of drug-likeness (QED) is 0.271. The van der Waals surface area contributed by atoms with Crippen molar-refractivity contribution in [2.75, 3.05) is 6.61 Å². The van der Waals surface area contributed by atoms with Crippen LogP contribution in [-0.2, 0) is 16.0 Å². The number of carbonyl (C=O) groups excluding carboxylic acids is 2. The van der Waals surface area contributed by atoms with E-state index in [1.54, 1.807) is 19.1 Å². The average Bonchev–Trinajstić information content (AvgIpc) is 2.43. The van der Waals surface area contributed by atoms with Gasteiger partial charge in [0.15, 0.2) is 0 Å². The summed E-state index contributed by atoms with van der Waals surface area (Å²) in [5.41, 5.74) is 7.76. The predicted octanol–water partition coefficient (Wildman–Crippen LogP) is 1.82. The number of rotatable bonds is 3. The molecule has 0 radical (unpaired) electrons. The minimum atomic E-state index is -1.81. The summed E-state index contributed by atoms with van der Waals surface area (Å²) in [6.45, 7) is 1.74. The number of pyridine rings is 1. The molecule has 0 fully saturated rings. The standard InChI is InChI=1S/C12H12N4O3/c1-2-19-11(18)12(15-16-13)6-5-8-4-3-7-14-9(8)10(12)17/h3-4,7H,2,5-6H2,1H3. The molecule has 0 spiro atoms. The maximum Gasteiger partial charge on any atom is 0.326 e. The van der Waals surface area contributed by atoms with Gasteiger partial charge in [-0.1, -0.05) is 11.2 Å². The minimum Gasteiger partial charge on any atom is -0.465 e. The van der Waals surface area contributed by atoms with E-state index in [1.807, 2.05) is 0 Å². The molecule has 1 atom stereocenters. The number of carbonyl (C=O) groups is 2. The van der Waals surface area contributed by atoms with E-state index in [4.69, 9.17) is 10.3 Å². The van der Waals surface area contributed by atoms with Gasteiger partial charge in [-0.15, -0.1) is 0 Å².